The van der Waals surface area contributed by atoms with Crippen molar-refractivity contribution in [3.8, 4) is 5.75 Å². The molecule has 5 nitrogen and oxygen atoms in total. The van der Waals surface area contributed by atoms with Crippen molar-refractivity contribution in [2.24, 2.45) is 17.8 Å². The summed E-state index contributed by atoms with van der Waals surface area (Å²) in [5.41, 5.74) is 1.89. The van der Waals surface area contributed by atoms with Gasteiger partial charge in [0.15, 0.2) is 11.5 Å². The highest BCUT2D eigenvalue weighted by atomic mass is 35.5. The number of rotatable bonds is 3. The molecule has 32 heavy (non-hydrogen) atoms. The standard InChI is InChI=1S/C26H26ClNO4/c1-14-10-15(2)24-19(11-14)23(30)21-22(16-7-5-8-18(29)12-16)28(26(31)25(21)32-24)13-17-6-3-4-9-20(17)27/h3-9,12,14-15,19,22,24,29H,10-11,13H2,1-2H3. The van der Waals surface area contributed by atoms with Crippen molar-refractivity contribution in [3.05, 3.63) is 76.0 Å². The molecule has 0 saturated heterocycles. The fourth-order valence-electron chi connectivity index (χ4n) is 5.64. The molecule has 0 spiro atoms. The Morgan fingerprint density at radius 1 is 1.09 bits per heavy atom. The summed E-state index contributed by atoms with van der Waals surface area (Å²) < 4.78 is 6.31. The maximum atomic E-state index is 13.8. The Kier molecular flexibility index (Phi) is 5.25. The van der Waals surface area contributed by atoms with Crippen molar-refractivity contribution in [1.29, 1.82) is 0 Å². The van der Waals surface area contributed by atoms with Gasteiger partial charge in [-0.15, -0.1) is 0 Å². The van der Waals surface area contributed by atoms with Crippen LogP contribution in [0, 0.1) is 17.8 Å². The SMILES string of the molecule is CC1CC(C)C2OC3=C(C(=O)C2C1)C(c1cccc(O)c1)N(Cc1ccccc1Cl)C3=O. The Morgan fingerprint density at radius 3 is 2.62 bits per heavy atom. The average molecular weight is 452 g/mol. The summed E-state index contributed by atoms with van der Waals surface area (Å²) >= 11 is 6.40. The number of ether oxygens (including phenoxy) is 1. The van der Waals surface area contributed by atoms with Crippen LogP contribution in [0.1, 0.15) is 43.9 Å². The number of carbonyl (C=O) groups excluding carboxylic acids is 2. The number of ketones is 1. The molecular weight excluding hydrogens is 426 g/mol. The zero-order chi connectivity index (χ0) is 22.6. The van der Waals surface area contributed by atoms with E-state index in [9.17, 15) is 14.7 Å². The van der Waals surface area contributed by atoms with Gasteiger partial charge >= 0.3 is 0 Å². The van der Waals surface area contributed by atoms with Gasteiger partial charge in [0.1, 0.15) is 11.9 Å². The number of phenolic OH excluding ortho intramolecular Hbond substituents is 1. The van der Waals surface area contributed by atoms with Crippen LogP contribution < -0.4 is 0 Å². The Morgan fingerprint density at radius 2 is 1.88 bits per heavy atom. The van der Waals surface area contributed by atoms with E-state index < -0.39 is 6.04 Å². The first-order valence-electron chi connectivity index (χ1n) is 11.1. The van der Waals surface area contributed by atoms with Gasteiger partial charge in [-0.2, -0.15) is 0 Å². The molecule has 2 aliphatic heterocycles. The fraction of sp³-hybridized carbons (Fsp3) is 0.385. The van der Waals surface area contributed by atoms with Crippen LogP contribution in [0.3, 0.4) is 0 Å². The molecule has 1 aliphatic carbocycles. The molecule has 166 valence electrons. The zero-order valence-corrected chi connectivity index (χ0v) is 18.9. The quantitative estimate of drug-likeness (QED) is 0.710. The van der Waals surface area contributed by atoms with E-state index in [0.29, 0.717) is 22.1 Å². The summed E-state index contributed by atoms with van der Waals surface area (Å²) in [6.45, 7) is 4.50. The summed E-state index contributed by atoms with van der Waals surface area (Å²) in [7, 11) is 0. The van der Waals surface area contributed by atoms with Gasteiger partial charge in [-0.1, -0.05) is 55.8 Å². The Labute approximate surface area is 192 Å². The first kappa shape index (κ1) is 21.1. The molecule has 5 rings (SSSR count). The molecule has 2 aromatic rings. The number of hydrogen-bond acceptors (Lipinski definition) is 4. The predicted octanol–water partition coefficient (Wildman–Crippen LogP) is 5.03. The van der Waals surface area contributed by atoms with Crippen LogP contribution in [0.2, 0.25) is 5.02 Å². The minimum atomic E-state index is -0.623. The number of nitrogens with zero attached hydrogens (tertiary/aromatic N) is 1. The summed E-state index contributed by atoms with van der Waals surface area (Å²) in [6, 6.07) is 13.5. The van der Waals surface area contributed by atoms with E-state index in [-0.39, 0.29) is 47.7 Å². The van der Waals surface area contributed by atoms with E-state index in [1.165, 1.54) is 0 Å². The normalized spacial score (nSPS) is 29.6. The molecule has 5 unspecified atom stereocenters. The van der Waals surface area contributed by atoms with Crippen LogP contribution in [-0.4, -0.2) is 27.8 Å². The third kappa shape index (κ3) is 3.39. The summed E-state index contributed by atoms with van der Waals surface area (Å²) in [5.74, 6) is 0.328. The van der Waals surface area contributed by atoms with Crippen LogP contribution >= 0.6 is 11.6 Å². The largest absolute Gasteiger partial charge is 0.508 e. The van der Waals surface area contributed by atoms with Crippen molar-refractivity contribution in [2.45, 2.75) is 45.4 Å². The van der Waals surface area contributed by atoms with Gasteiger partial charge < -0.3 is 14.7 Å². The van der Waals surface area contributed by atoms with Gasteiger partial charge in [0.25, 0.3) is 5.91 Å². The van der Waals surface area contributed by atoms with E-state index in [0.717, 1.165) is 18.4 Å². The Bertz CT molecular complexity index is 1130. The minimum absolute atomic E-state index is 0.00185. The number of phenols is 1. The zero-order valence-electron chi connectivity index (χ0n) is 18.1. The molecule has 0 aromatic heterocycles. The first-order valence-corrected chi connectivity index (χ1v) is 11.5. The summed E-state index contributed by atoms with van der Waals surface area (Å²) in [5, 5.41) is 10.7. The van der Waals surface area contributed by atoms with E-state index in [1.807, 2.05) is 24.3 Å². The lowest BCUT2D eigenvalue weighted by atomic mass is 9.70. The van der Waals surface area contributed by atoms with E-state index in [4.69, 9.17) is 16.3 Å². The molecule has 1 fully saturated rings. The third-order valence-electron chi connectivity index (χ3n) is 7.01. The monoisotopic (exact) mass is 451 g/mol. The molecular formula is C26H26ClNO4. The lowest BCUT2D eigenvalue weighted by molar-refractivity contribution is -0.139. The van der Waals surface area contributed by atoms with Crippen molar-refractivity contribution in [3.63, 3.8) is 0 Å². The molecule has 0 bridgehead atoms. The highest BCUT2D eigenvalue weighted by Crippen LogP contribution is 2.49. The van der Waals surface area contributed by atoms with E-state index >= 15 is 0 Å². The van der Waals surface area contributed by atoms with Crippen LogP contribution in [0.15, 0.2) is 59.9 Å². The number of amides is 1. The van der Waals surface area contributed by atoms with Crippen LogP contribution in [0.25, 0.3) is 0 Å². The first-order chi connectivity index (χ1) is 15.3. The number of carbonyl (C=O) groups is 2. The molecule has 0 radical (unpaired) electrons. The van der Waals surface area contributed by atoms with Gasteiger partial charge in [0.2, 0.25) is 0 Å². The molecule has 1 N–H and O–H groups in total. The van der Waals surface area contributed by atoms with Gasteiger partial charge in [-0.3, -0.25) is 9.59 Å². The molecule has 6 heteroatoms. The maximum Gasteiger partial charge on any atom is 0.290 e. The number of fused-ring (bicyclic) bond motifs is 1. The Hall–Kier alpha value is -2.79. The maximum absolute atomic E-state index is 13.8. The van der Waals surface area contributed by atoms with Crippen molar-refractivity contribution in [1.82, 2.24) is 4.90 Å². The van der Waals surface area contributed by atoms with E-state index in [1.54, 1.807) is 29.2 Å². The fourth-order valence-corrected chi connectivity index (χ4v) is 5.83. The highest BCUT2D eigenvalue weighted by molar-refractivity contribution is 6.31. The topological polar surface area (TPSA) is 66.8 Å². The smallest absolute Gasteiger partial charge is 0.290 e. The van der Waals surface area contributed by atoms with Crippen LogP contribution in [0.5, 0.6) is 5.75 Å². The summed E-state index contributed by atoms with van der Waals surface area (Å²) in [4.78, 5) is 29.0. The van der Waals surface area contributed by atoms with Gasteiger partial charge in [0, 0.05) is 11.6 Å². The van der Waals surface area contributed by atoms with Crippen molar-refractivity contribution < 1.29 is 19.4 Å². The number of aromatic hydroxyl groups is 1. The summed E-state index contributed by atoms with van der Waals surface area (Å²) in [6.07, 6.45) is 1.46. The lowest BCUT2D eigenvalue weighted by Gasteiger charge is -2.41. The minimum Gasteiger partial charge on any atom is -0.508 e. The van der Waals surface area contributed by atoms with Crippen LogP contribution in [-0.2, 0) is 20.9 Å². The van der Waals surface area contributed by atoms with Crippen molar-refractivity contribution in [2.75, 3.05) is 0 Å². The third-order valence-corrected chi connectivity index (χ3v) is 7.38. The van der Waals surface area contributed by atoms with Gasteiger partial charge in [-0.25, -0.2) is 0 Å². The predicted molar refractivity (Wildman–Crippen MR) is 121 cm³/mol. The van der Waals surface area contributed by atoms with Crippen LogP contribution in [0.4, 0.5) is 0 Å². The second kappa shape index (κ2) is 7.96. The number of Topliss-reactive ketones (excluding diaryl/α,β-unsaturated/α-hetero) is 1. The van der Waals surface area contributed by atoms with Gasteiger partial charge in [0.05, 0.1) is 17.5 Å². The van der Waals surface area contributed by atoms with Gasteiger partial charge in [-0.05, 0) is 54.0 Å². The number of hydrogen-bond donors (Lipinski definition) is 1. The molecule has 2 aromatic carbocycles. The second-order valence-electron chi connectivity index (χ2n) is 9.37. The van der Waals surface area contributed by atoms with E-state index in [2.05, 4.69) is 13.8 Å². The van der Waals surface area contributed by atoms with Crippen molar-refractivity contribution >= 4 is 23.3 Å². The lowest BCUT2D eigenvalue weighted by Crippen LogP contribution is -2.45. The molecule has 3 aliphatic rings. The molecule has 2 heterocycles. The molecule has 1 saturated carbocycles. The number of halogens is 1. The molecule has 5 atom stereocenters. The molecule has 1 amide bonds. The highest BCUT2D eigenvalue weighted by Gasteiger charge is 2.54. The second-order valence-corrected chi connectivity index (χ2v) is 9.78. The number of benzene rings is 2. The average Bonchev–Trinajstić information content (AvgIpc) is 3.03. The Balaban J connectivity index is 1.61.